The van der Waals surface area contributed by atoms with Crippen LogP contribution in [0.1, 0.15) is 43.4 Å². The van der Waals surface area contributed by atoms with E-state index in [1.54, 1.807) is 6.92 Å². The number of carbonyl (C=O) groups excluding carboxylic acids is 1. The molecule has 1 atom stereocenters. The van der Waals surface area contributed by atoms with E-state index in [0.717, 1.165) is 11.1 Å². The van der Waals surface area contributed by atoms with Crippen LogP contribution in [0.4, 0.5) is 0 Å². The number of hydrogen-bond acceptors (Lipinski definition) is 3. The first-order valence-electron chi connectivity index (χ1n) is 6.42. The van der Waals surface area contributed by atoms with E-state index >= 15 is 0 Å². The van der Waals surface area contributed by atoms with E-state index in [-0.39, 0.29) is 18.4 Å². The van der Waals surface area contributed by atoms with Gasteiger partial charge < -0.3 is 10.8 Å². The zero-order chi connectivity index (χ0) is 13.7. The third-order valence-electron chi connectivity index (χ3n) is 3.07. The zero-order valence-corrected chi connectivity index (χ0v) is 11.4. The molecule has 100 valence electrons. The fraction of sp³-hybridized carbons (Fsp3) is 0.533. The van der Waals surface area contributed by atoms with Gasteiger partial charge in [-0.05, 0) is 36.0 Å². The summed E-state index contributed by atoms with van der Waals surface area (Å²) in [7, 11) is 0. The van der Waals surface area contributed by atoms with E-state index in [1.807, 2.05) is 12.1 Å². The van der Waals surface area contributed by atoms with Gasteiger partial charge in [-0.25, -0.2) is 0 Å². The van der Waals surface area contributed by atoms with Crippen molar-refractivity contribution < 1.29 is 9.90 Å². The van der Waals surface area contributed by atoms with Gasteiger partial charge in [0.2, 0.25) is 0 Å². The Morgan fingerprint density at radius 2 is 2.06 bits per heavy atom. The van der Waals surface area contributed by atoms with Gasteiger partial charge in [-0.2, -0.15) is 0 Å². The average Bonchev–Trinajstić information content (AvgIpc) is 2.30. The molecule has 0 aliphatic rings. The molecule has 0 saturated carbocycles. The summed E-state index contributed by atoms with van der Waals surface area (Å²) in [5.74, 6) is 0.535. The summed E-state index contributed by atoms with van der Waals surface area (Å²) in [5.41, 5.74) is 9.23. The highest BCUT2D eigenvalue weighted by Gasteiger charge is 2.14. The van der Waals surface area contributed by atoms with E-state index in [9.17, 15) is 4.79 Å². The molecule has 3 N–H and O–H groups in total. The minimum Gasteiger partial charge on any atom is -0.395 e. The van der Waals surface area contributed by atoms with E-state index in [2.05, 4.69) is 19.9 Å². The van der Waals surface area contributed by atoms with Crippen molar-refractivity contribution in [3.05, 3.63) is 34.9 Å². The molecule has 0 saturated heterocycles. The summed E-state index contributed by atoms with van der Waals surface area (Å²) >= 11 is 0. The van der Waals surface area contributed by atoms with Crippen LogP contribution >= 0.6 is 0 Å². The van der Waals surface area contributed by atoms with Crippen LogP contribution in [0.3, 0.4) is 0 Å². The minimum absolute atomic E-state index is 0.0358. The van der Waals surface area contributed by atoms with E-state index in [1.165, 1.54) is 5.56 Å². The van der Waals surface area contributed by atoms with Gasteiger partial charge in [-0.1, -0.05) is 32.0 Å². The lowest BCUT2D eigenvalue weighted by Gasteiger charge is -2.19. The van der Waals surface area contributed by atoms with E-state index < -0.39 is 0 Å². The molecule has 0 aliphatic carbocycles. The predicted octanol–water partition coefficient (Wildman–Crippen LogP) is 1.80. The quantitative estimate of drug-likeness (QED) is 0.808. The zero-order valence-electron chi connectivity index (χ0n) is 11.4. The van der Waals surface area contributed by atoms with Crippen LogP contribution < -0.4 is 5.73 Å². The Morgan fingerprint density at radius 3 is 2.56 bits per heavy atom. The molecule has 0 spiro atoms. The van der Waals surface area contributed by atoms with Gasteiger partial charge in [0.15, 0.2) is 0 Å². The van der Waals surface area contributed by atoms with Gasteiger partial charge >= 0.3 is 0 Å². The van der Waals surface area contributed by atoms with Gasteiger partial charge in [-0.3, -0.25) is 4.79 Å². The number of aliphatic hydroxyl groups is 1. The van der Waals surface area contributed by atoms with Crippen molar-refractivity contribution in [2.45, 2.75) is 45.6 Å². The lowest BCUT2D eigenvalue weighted by atomic mass is 9.88. The molecule has 3 nitrogen and oxygen atoms in total. The highest BCUT2D eigenvalue weighted by Crippen LogP contribution is 2.24. The lowest BCUT2D eigenvalue weighted by molar-refractivity contribution is -0.116. The SMILES string of the molecule is CC(=O)Cc1cccc(C(C)C)c1C[C@@H](N)CO. The van der Waals surface area contributed by atoms with E-state index in [4.69, 9.17) is 10.8 Å². The molecule has 18 heavy (non-hydrogen) atoms. The number of benzene rings is 1. The summed E-state index contributed by atoms with van der Waals surface area (Å²) in [6, 6.07) is 5.78. The monoisotopic (exact) mass is 249 g/mol. The molecule has 0 amide bonds. The number of nitrogens with two attached hydrogens (primary N) is 1. The molecular weight excluding hydrogens is 226 g/mol. The Balaban J connectivity index is 3.16. The largest absolute Gasteiger partial charge is 0.395 e. The molecule has 0 aromatic heterocycles. The Morgan fingerprint density at radius 1 is 1.39 bits per heavy atom. The minimum atomic E-state index is -0.268. The molecule has 3 heteroatoms. The number of hydrogen-bond donors (Lipinski definition) is 2. The highest BCUT2D eigenvalue weighted by atomic mass is 16.3. The molecule has 0 heterocycles. The summed E-state index contributed by atoms with van der Waals surface area (Å²) in [6.45, 7) is 5.81. The second kappa shape index (κ2) is 6.66. The van der Waals surface area contributed by atoms with Crippen molar-refractivity contribution in [1.29, 1.82) is 0 Å². The van der Waals surface area contributed by atoms with Gasteiger partial charge in [0.05, 0.1) is 6.61 Å². The van der Waals surface area contributed by atoms with Crippen molar-refractivity contribution >= 4 is 5.78 Å². The van der Waals surface area contributed by atoms with Crippen LogP contribution in [0.2, 0.25) is 0 Å². The van der Waals surface area contributed by atoms with Crippen molar-refractivity contribution in [1.82, 2.24) is 0 Å². The predicted molar refractivity (Wildman–Crippen MR) is 73.7 cm³/mol. The molecule has 0 bridgehead atoms. The number of aliphatic hydroxyl groups excluding tert-OH is 1. The van der Waals surface area contributed by atoms with Crippen LogP contribution in [0, 0.1) is 0 Å². The molecule has 0 aliphatic heterocycles. The summed E-state index contributed by atoms with van der Waals surface area (Å²) < 4.78 is 0. The maximum absolute atomic E-state index is 11.3. The van der Waals surface area contributed by atoms with Gasteiger partial charge in [0, 0.05) is 12.5 Å². The van der Waals surface area contributed by atoms with Crippen LogP contribution in [-0.2, 0) is 17.6 Å². The van der Waals surface area contributed by atoms with Gasteiger partial charge in [-0.15, -0.1) is 0 Å². The molecule has 1 aromatic carbocycles. The molecule has 1 aromatic rings. The molecular formula is C15H23NO2. The standard InChI is InChI=1S/C15H23NO2/c1-10(2)14-6-4-5-12(7-11(3)18)15(14)8-13(16)9-17/h4-6,10,13,17H,7-9,16H2,1-3H3/t13-/m1/s1. The Hall–Kier alpha value is -1.19. The van der Waals surface area contributed by atoms with Crippen molar-refractivity contribution in [2.24, 2.45) is 5.73 Å². The third-order valence-corrected chi connectivity index (χ3v) is 3.07. The first-order chi connectivity index (χ1) is 8.45. The fourth-order valence-corrected chi connectivity index (χ4v) is 2.20. The highest BCUT2D eigenvalue weighted by molar-refractivity contribution is 5.78. The molecule has 0 unspecified atom stereocenters. The summed E-state index contributed by atoms with van der Waals surface area (Å²) in [6.07, 6.45) is 1.06. The summed E-state index contributed by atoms with van der Waals surface area (Å²) in [4.78, 5) is 11.3. The Kier molecular flexibility index (Phi) is 5.51. The fourth-order valence-electron chi connectivity index (χ4n) is 2.20. The maximum Gasteiger partial charge on any atom is 0.134 e. The summed E-state index contributed by atoms with van der Waals surface area (Å²) in [5, 5.41) is 9.11. The smallest absolute Gasteiger partial charge is 0.134 e. The molecule has 1 rings (SSSR count). The molecule has 0 fully saturated rings. The van der Waals surface area contributed by atoms with Crippen LogP contribution in [0.5, 0.6) is 0 Å². The first-order valence-corrected chi connectivity index (χ1v) is 6.42. The maximum atomic E-state index is 11.3. The number of rotatable bonds is 6. The average molecular weight is 249 g/mol. The van der Waals surface area contributed by atoms with E-state index in [0.29, 0.717) is 18.8 Å². The normalized spacial score (nSPS) is 12.8. The second-order valence-corrected chi connectivity index (χ2v) is 5.17. The second-order valence-electron chi connectivity index (χ2n) is 5.17. The van der Waals surface area contributed by atoms with Crippen LogP contribution in [0.25, 0.3) is 0 Å². The number of ketones is 1. The number of Topliss-reactive ketones (excluding diaryl/α,β-unsaturated/α-hetero) is 1. The van der Waals surface area contributed by atoms with Crippen molar-refractivity contribution in [3.8, 4) is 0 Å². The Bertz CT molecular complexity index is 413. The molecule has 0 radical (unpaired) electrons. The third kappa shape index (κ3) is 3.93. The number of carbonyl (C=O) groups is 1. The van der Waals surface area contributed by atoms with Crippen LogP contribution in [-0.4, -0.2) is 23.5 Å². The first kappa shape index (κ1) is 14.9. The van der Waals surface area contributed by atoms with Crippen molar-refractivity contribution in [2.75, 3.05) is 6.61 Å². The topological polar surface area (TPSA) is 63.3 Å². The van der Waals surface area contributed by atoms with Gasteiger partial charge in [0.1, 0.15) is 5.78 Å². The van der Waals surface area contributed by atoms with Gasteiger partial charge in [0.25, 0.3) is 0 Å². The van der Waals surface area contributed by atoms with Crippen molar-refractivity contribution in [3.63, 3.8) is 0 Å². The lowest BCUT2D eigenvalue weighted by Crippen LogP contribution is -2.28. The van der Waals surface area contributed by atoms with Crippen LogP contribution in [0.15, 0.2) is 18.2 Å². The Labute approximate surface area is 109 Å².